The van der Waals surface area contributed by atoms with Crippen LogP contribution in [0.25, 0.3) is 33.5 Å². The number of unbranched alkanes of at least 4 members (excludes halogenated alkanes) is 2. The number of nitrogens with one attached hydrogen (secondary N) is 4. The predicted molar refractivity (Wildman–Crippen MR) is 249 cm³/mol. The number of aryl methyl sites for hydroxylation is 1. The van der Waals surface area contributed by atoms with Gasteiger partial charge in [-0.25, -0.2) is 43.5 Å². The van der Waals surface area contributed by atoms with Crippen LogP contribution in [0.4, 0.5) is 26.1 Å². The molecule has 23 heteroatoms. The van der Waals surface area contributed by atoms with Gasteiger partial charge in [0.05, 0.1) is 64.6 Å². The number of nitrogens with zero attached hydrogens (tertiary/aromatic N) is 9. The van der Waals surface area contributed by atoms with E-state index in [0.29, 0.717) is 48.6 Å². The van der Waals surface area contributed by atoms with E-state index < -0.39 is 41.5 Å². The van der Waals surface area contributed by atoms with Gasteiger partial charge in [-0.05, 0) is 82.0 Å². The summed E-state index contributed by atoms with van der Waals surface area (Å²) in [6.07, 6.45) is 5.79. The maximum absolute atomic E-state index is 15.5. The molecule has 2 atom stereocenters. The number of nitrogens with two attached hydrogens (primary N) is 1. The van der Waals surface area contributed by atoms with E-state index in [-0.39, 0.29) is 99.0 Å². The number of amides is 2. The standard InChI is InChI=1S/C46H43ClF2N14O6/c1-23(30-16-25(18-50)6-11-31(30)48)58-39-36(47)24(2)57-34-17-32(49)37(61-38(34)39)27-19-55-46(56-20-27)69-15-5-3-4-14-52-35(64)13-12-33(44(67)68)60-42(65)26-7-9-28(10-8-26)53-21-29-22-54-41-40(59-29)43(66)63-45(51)62-41/h6-11,16-17,19-20,22-23,33,53H,3-5,12-15,21H2,1-2H3,(H,52,64)(H,57,58)(H,60,65)(H,67,68)(H3,51,54,62,63,66)/t23-,33+/m1/s1. The number of pyridine rings is 2. The van der Waals surface area contributed by atoms with Crippen LogP contribution in [0.2, 0.25) is 5.02 Å². The van der Waals surface area contributed by atoms with Crippen molar-refractivity contribution in [2.75, 3.05) is 29.5 Å². The zero-order valence-electron chi connectivity index (χ0n) is 36.9. The van der Waals surface area contributed by atoms with Crippen molar-refractivity contribution in [1.82, 2.24) is 50.5 Å². The van der Waals surface area contributed by atoms with Gasteiger partial charge in [-0.15, -0.1) is 0 Å². The fourth-order valence-corrected chi connectivity index (χ4v) is 7.16. The number of ether oxygens (including phenoxy) is 1. The van der Waals surface area contributed by atoms with E-state index in [1.165, 1.54) is 55.0 Å². The van der Waals surface area contributed by atoms with Crippen molar-refractivity contribution >= 4 is 68.9 Å². The monoisotopic (exact) mass is 960 g/mol. The molecule has 5 aromatic heterocycles. The molecule has 7 aromatic rings. The number of carbonyl (C=O) groups is 3. The number of nitrogen functional groups attached to an aromatic ring is 1. The third-order valence-electron chi connectivity index (χ3n) is 10.6. The smallest absolute Gasteiger partial charge is 0.326 e. The molecule has 7 rings (SSSR count). The molecule has 0 aliphatic rings. The quantitative estimate of drug-likeness (QED) is 0.0410. The molecule has 0 radical (unpaired) electrons. The topological polar surface area (TPSA) is 302 Å². The molecule has 69 heavy (non-hydrogen) atoms. The number of hydrogen-bond donors (Lipinski definition) is 7. The molecule has 0 fully saturated rings. The Hall–Kier alpha value is -8.45. The summed E-state index contributed by atoms with van der Waals surface area (Å²) in [7, 11) is 0. The number of carbonyl (C=O) groups excluding carboxylic acids is 2. The van der Waals surface area contributed by atoms with E-state index in [2.05, 4.69) is 61.1 Å². The number of hydrogen-bond acceptors (Lipinski definition) is 17. The highest BCUT2D eigenvalue weighted by atomic mass is 35.5. The van der Waals surface area contributed by atoms with Crippen LogP contribution in [0.5, 0.6) is 11.9 Å². The molecule has 0 saturated heterocycles. The SMILES string of the molecule is Cc1nc2cc(F)c(-c3cnc(OCCCCCNC(=O)CC[C@H](NC(=O)c4ccc(NCc5cnc6nc(N)nc(O)c6n5)cc4)C(=O)O)nc3)nc2c(N[C@H](C)c2cc(C#N)ccc2F)c1Cl. The van der Waals surface area contributed by atoms with Crippen LogP contribution in [0, 0.1) is 29.9 Å². The molecule has 2 amide bonds. The van der Waals surface area contributed by atoms with Crippen molar-refractivity contribution < 1.29 is 38.1 Å². The van der Waals surface area contributed by atoms with Crippen molar-refractivity contribution in [2.45, 2.75) is 64.6 Å². The number of carboxylic acid groups (broad SMARTS) is 1. The second kappa shape index (κ2) is 21.9. The average molecular weight is 961 g/mol. The molecular weight excluding hydrogens is 918 g/mol. The summed E-state index contributed by atoms with van der Waals surface area (Å²) in [5.41, 5.74) is 8.89. The lowest BCUT2D eigenvalue weighted by Crippen LogP contribution is -2.41. The number of benzene rings is 2. The highest BCUT2D eigenvalue weighted by Gasteiger charge is 2.23. The molecule has 0 aliphatic carbocycles. The van der Waals surface area contributed by atoms with Crippen molar-refractivity contribution in [3.63, 3.8) is 0 Å². The first-order valence-electron chi connectivity index (χ1n) is 21.4. The van der Waals surface area contributed by atoms with Crippen LogP contribution in [0.15, 0.2) is 67.1 Å². The Morgan fingerprint density at radius 1 is 0.928 bits per heavy atom. The lowest BCUT2D eigenvalue weighted by molar-refractivity contribution is -0.139. The van der Waals surface area contributed by atoms with Crippen molar-refractivity contribution in [1.29, 1.82) is 5.26 Å². The third kappa shape index (κ3) is 12.1. The van der Waals surface area contributed by atoms with Gasteiger partial charge in [0, 0.05) is 53.8 Å². The zero-order valence-corrected chi connectivity index (χ0v) is 37.7. The second-order valence-corrected chi connectivity index (χ2v) is 16.0. The van der Waals surface area contributed by atoms with Gasteiger partial charge >= 0.3 is 12.0 Å². The van der Waals surface area contributed by atoms with Gasteiger partial charge in [0.2, 0.25) is 17.7 Å². The summed E-state index contributed by atoms with van der Waals surface area (Å²) in [4.78, 5) is 70.7. The van der Waals surface area contributed by atoms with Gasteiger partial charge in [-0.1, -0.05) is 11.6 Å². The van der Waals surface area contributed by atoms with E-state index in [4.69, 9.17) is 22.1 Å². The molecule has 0 bridgehead atoms. The first kappa shape index (κ1) is 48.5. The van der Waals surface area contributed by atoms with Crippen molar-refractivity contribution in [3.05, 3.63) is 112 Å². The maximum Gasteiger partial charge on any atom is 0.326 e. The Balaban J connectivity index is 0.822. The number of aromatic hydroxyl groups is 1. The molecule has 0 spiro atoms. The minimum absolute atomic E-state index is 0.0517. The number of fused-ring (bicyclic) bond motifs is 2. The molecule has 0 saturated carbocycles. The summed E-state index contributed by atoms with van der Waals surface area (Å²) in [5, 5.41) is 40.8. The Kier molecular flexibility index (Phi) is 15.4. The van der Waals surface area contributed by atoms with Gasteiger partial charge in [-0.2, -0.15) is 15.2 Å². The van der Waals surface area contributed by atoms with Gasteiger partial charge in [0.25, 0.3) is 5.91 Å². The number of aliphatic carboxylic acids is 1. The van der Waals surface area contributed by atoms with Crippen LogP contribution >= 0.6 is 11.6 Å². The summed E-state index contributed by atoms with van der Waals surface area (Å²) < 4.78 is 35.9. The first-order valence-corrected chi connectivity index (χ1v) is 21.7. The van der Waals surface area contributed by atoms with E-state index in [1.807, 2.05) is 6.07 Å². The van der Waals surface area contributed by atoms with Crippen LogP contribution in [-0.2, 0) is 16.1 Å². The Morgan fingerprint density at radius 2 is 1.70 bits per heavy atom. The molecule has 2 aromatic carbocycles. The van der Waals surface area contributed by atoms with Crippen LogP contribution < -0.4 is 31.7 Å². The second-order valence-electron chi connectivity index (χ2n) is 15.6. The first-order chi connectivity index (χ1) is 33.2. The number of aromatic nitrogens is 8. The van der Waals surface area contributed by atoms with E-state index in [0.717, 1.165) is 0 Å². The average Bonchev–Trinajstić information content (AvgIpc) is 3.33. The van der Waals surface area contributed by atoms with Crippen molar-refractivity contribution in [3.8, 4) is 29.2 Å². The molecule has 20 nitrogen and oxygen atoms in total. The summed E-state index contributed by atoms with van der Waals surface area (Å²) in [5.74, 6) is -4.01. The molecule has 0 unspecified atom stereocenters. The van der Waals surface area contributed by atoms with E-state index in [1.54, 1.807) is 26.0 Å². The van der Waals surface area contributed by atoms with Gasteiger partial charge < -0.3 is 42.0 Å². The molecule has 0 aliphatic heterocycles. The number of halogens is 3. The van der Waals surface area contributed by atoms with Gasteiger partial charge in [0.1, 0.15) is 23.1 Å². The number of rotatable bonds is 20. The van der Waals surface area contributed by atoms with Crippen LogP contribution in [-0.4, -0.2) is 87.1 Å². The molecule has 354 valence electrons. The largest absolute Gasteiger partial charge is 0.492 e. The molecular formula is C46H43ClF2N14O6. The third-order valence-corrected chi connectivity index (χ3v) is 11.0. The van der Waals surface area contributed by atoms with Gasteiger partial charge in [0.15, 0.2) is 17.0 Å². The summed E-state index contributed by atoms with van der Waals surface area (Å²) in [6.45, 7) is 4.15. The van der Waals surface area contributed by atoms with Crippen LogP contribution in [0.1, 0.15) is 77.9 Å². The lowest BCUT2D eigenvalue weighted by Gasteiger charge is -2.20. The number of anilines is 3. The summed E-state index contributed by atoms with van der Waals surface area (Å²) >= 11 is 6.65. The van der Waals surface area contributed by atoms with Crippen molar-refractivity contribution in [2.24, 2.45) is 0 Å². The maximum atomic E-state index is 15.5. The fraction of sp³-hybridized carbons (Fsp3) is 0.261. The minimum atomic E-state index is -1.31. The highest BCUT2D eigenvalue weighted by molar-refractivity contribution is 6.35. The number of nitriles is 1. The Morgan fingerprint density at radius 3 is 2.43 bits per heavy atom. The molecule has 8 N–H and O–H groups in total. The highest BCUT2D eigenvalue weighted by Crippen LogP contribution is 2.36. The van der Waals surface area contributed by atoms with E-state index >= 15 is 4.39 Å². The summed E-state index contributed by atoms with van der Waals surface area (Å²) in [6, 6.07) is 11.6. The van der Waals surface area contributed by atoms with E-state index in [9.17, 15) is 34.2 Å². The normalized spacial score (nSPS) is 11.9. The number of carboxylic acids is 1. The predicted octanol–water partition coefficient (Wildman–Crippen LogP) is 6.33. The zero-order chi connectivity index (χ0) is 49.2. The minimum Gasteiger partial charge on any atom is -0.492 e. The fourth-order valence-electron chi connectivity index (χ4n) is 6.97. The molecule has 5 heterocycles. The van der Waals surface area contributed by atoms with Gasteiger partial charge in [-0.3, -0.25) is 9.59 Å². The Bertz CT molecular complexity index is 3090. The Labute approximate surface area is 396 Å². The lowest BCUT2D eigenvalue weighted by atomic mass is 10.0. The van der Waals surface area contributed by atoms with Crippen LogP contribution in [0.3, 0.4) is 0 Å².